The molecule has 3 N–H and O–H groups in total. The van der Waals surface area contributed by atoms with Crippen LogP contribution in [0.15, 0.2) is 48.5 Å². The Morgan fingerprint density at radius 3 is 2.70 bits per heavy atom. The van der Waals surface area contributed by atoms with E-state index in [-0.39, 0.29) is 0 Å². The highest BCUT2D eigenvalue weighted by Crippen LogP contribution is 2.16. The Kier molecular flexibility index (Phi) is 4.74. The fourth-order valence-electron chi connectivity index (χ4n) is 2.03. The number of hydrogen-bond donors (Lipinski definition) is 2. The Morgan fingerprint density at radius 1 is 1.15 bits per heavy atom. The van der Waals surface area contributed by atoms with Crippen LogP contribution in [0.25, 0.3) is 0 Å². The molecule has 0 saturated carbocycles. The lowest BCUT2D eigenvalue weighted by Crippen LogP contribution is -2.15. The third-order valence-corrected chi connectivity index (χ3v) is 3.05. The van der Waals surface area contributed by atoms with Gasteiger partial charge in [-0.15, -0.1) is 0 Å². The van der Waals surface area contributed by atoms with Crippen molar-refractivity contribution in [2.24, 2.45) is 5.73 Å². The van der Waals surface area contributed by atoms with Crippen molar-refractivity contribution in [3.8, 4) is 5.75 Å². The van der Waals surface area contributed by atoms with E-state index < -0.39 is 5.91 Å². The Bertz CT molecular complexity index is 597. The maximum Gasteiger partial charge on any atom is 0.248 e. The lowest BCUT2D eigenvalue weighted by molar-refractivity contribution is 0.1000. The number of carbonyl (C=O) groups is 1. The zero-order chi connectivity index (χ0) is 14.4. The van der Waals surface area contributed by atoms with Gasteiger partial charge in [0.25, 0.3) is 0 Å². The minimum absolute atomic E-state index is 0.406. The first-order chi connectivity index (χ1) is 9.70. The average Bonchev–Trinajstić information content (AvgIpc) is 2.48. The van der Waals surface area contributed by atoms with Crippen LogP contribution < -0.4 is 15.8 Å². The van der Waals surface area contributed by atoms with E-state index >= 15 is 0 Å². The predicted octanol–water partition coefficient (Wildman–Crippen LogP) is 2.08. The Balaban J connectivity index is 1.96. The largest absolute Gasteiger partial charge is 0.496 e. The summed E-state index contributed by atoms with van der Waals surface area (Å²) in [5.41, 5.74) is 7.92. The summed E-state index contributed by atoms with van der Waals surface area (Å²) in [6.45, 7) is 1.37. The number of nitrogens with one attached hydrogen (secondary N) is 1. The molecule has 0 radical (unpaired) electrons. The highest BCUT2D eigenvalue weighted by molar-refractivity contribution is 5.92. The van der Waals surface area contributed by atoms with Crippen LogP contribution in [0.1, 0.15) is 21.5 Å². The molecule has 4 nitrogen and oxygen atoms in total. The highest BCUT2D eigenvalue weighted by atomic mass is 16.5. The van der Waals surface area contributed by atoms with Crippen LogP contribution in [0.5, 0.6) is 5.75 Å². The van der Waals surface area contributed by atoms with Gasteiger partial charge >= 0.3 is 0 Å². The second kappa shape index (κ2) is 6.73. The van der Waals surface area contributed by atoms with Crippen LogP contribution in [0.3, 0.4) is 0 Å². The molecule has 2 aromatic carbocycles. The second-order valence-corrected chi connectivity index (χ2v) is 4.48. The van der Waals surface area contributed by atoms with Crippen molar-refractivity contribution in [1.29, 1.82) is 0 Å². The quantitative estimate of drug-likeness (QED) is 0.844. The Hall–Kier alpha value is -2.33. The molecule has 0 saturated heterocycles. The molecular weight excluding hydrogens is 252 g/mol. The van der Waals surface area contributed by atoms with Gasteiger partial charge in [-0.1, -0.05) is 30.3 Å². The maximum absolute atomic E-state index is 11.1. The van der Waals surface area contributed by atoms with Crippen LogP contribution in [-0.2, 0) is 13.1 Å². The van der Waals surface area contributed by atoms with Gasteiger partial charge in [-0.2, -0.15) is 0 Å². The average molecular weight is 270 g/mol. The van der Waals surface area contributed by atoms with E-state index in [9.17, 15) is 4.79 Å². The first kappa shape index (κ1) is 14.1. The van der Waals surface area contributed by atoms with Gasteiger partial charge in [0, 0.05) is 24.2 Å². The molecule has 0 heterocycles. The summed E-state index contributed by atoms with van der Waals surface area (Å²) in [7, 11) is 1.66. The molecule has 4 heteroatoms. The number of benzene rings is 2. The third kappa shape index (κ3) is 3.59. The fourth-order valence-corrected chi connectivity index (χ4v) is 2.03. The van der Waals surface area contributed by atoms with Crippen LogP contribution in [0.4, 0.5) is 0 Å². The number of nitrogens with two attached hydrogens (primary N) is 1. The molecule has 0 spiro atoms. The second-order valence-electron chi connectivity index (χ2n) is 4.48. The SMILES string of the molecule is COc1ccccc1CNCc1cccc(C(N)=O)c1. The fraction of sp³-hybridized carbons (Fsp3) is 0.188. The van der Waals surface area contributed by atoms with Gasteiger partial charge in [0.2, 0.25) is 5.91 Å². The molecule has 0 unspecified atom stereocenters. The number of carbonyl (C=O) groups excluding carboxylic acids is 1. The molecule has 1 amide bonds. The van der Waals surface area contributed by atoms with Crippen molar-refractivity contribution in [3.63, 3.8) is 0 Å². The minimum Gasteiger partial charge on any atom is -0.496 e. The number of primary amides is 1. The van der Waals surface area contributed by atoms with Crippen molar-refractivity contribution in [3.05, 3.63) is 65.2 Å². The number of methoxy groups -OCH3 is 1. The molecule has 2 aromatic rings. The highest BCUT2D eigenvalue weighted by Gasteiger charge is 2.03. The van der Waals surface area contributed by atoms with Gasteiger partial charge in [0.1, 0.15) is 5.75 Å². The van der Waals surface area contributed by atoms with E-state index in [4.69, 9.17) is 10.5 Å². The van der Waals surface area contributed by atoms with Gasteiger partial charge in [-0.05, 0) is 23.8 Å². The molecule has 0 fully saturated rings. The number of amides is 1. The predicted molar refractivity (Wildman–Crippen MR) is 78.5 cm³/mol. The van der Waals surface area contributed by atoms with Crippen LogP contribution >= 0.6 is 0 Å². The Morgan fingerprint density at radius 2 is 1.95 bits per heavy atom. The monoisotopic (exact) mass is 270 g/mol. The minimum atomic E-state index is -0.406. The molecule has 0 aromatic heterocycles. The van der Waals surface area contributed by atoms with Crippen molar-refractivity contribution >= 4 is 5.91 Å². The van der Waals surface area contributed by atoms with Crippen molar-refractivity contribution in [2.45, 2.75) is 13.1 Å². The molecule has 0 aliphatic rings. The summed E-state index contributed by atoms with van der Waals surface area (Å²) >= 11 is 0. The first-order valence-corrected chi connectivity index (χ1v) is 6.42. The normalized spacial score (nSPS) is 10.2. The zero-order valence-electron chi connectivity index (χ0n) is 11.4. The lowest BCUT2D eigenvalue weighted by Gasteiger charge is -2.09. The van der Waals surface area contributed by atoms with Crippen molar-refractivity contribution in [1.82, 2.24) is 5.32 Å². The van der Waals surface area contributed by atoms with E-state index in [1.807, 2.05) is 36.4 Å². The van der Waals surface area contributed by atoms with E-state index in [1.54, 1.807) is 19.2 Å². The van der Waals surface area contributed by atoms with E-state index in [0.717, 1.165) is 16.9 Å². The topological polar surface area (TPSA) is 64.3 Å². The molecule has 0 aliphatic heterocycles. The zero-order valence-corrected chi connectivity index (χ0v) is 11.4. The van der Waals surface area contributed by atoms with Gasteiger partial charge in [-0.25, -0.2) is 0 Å². The van der Waals surface area contributed by atoms with Crippen molar-refractivity contribution < 1.29 is 9.53 Å². The third-order valence-electron chi connectivity index (χ3n) is 3.05. The van der Waals surface area contributed by atoms with Gasteiger partial charge in [0.15, 0.2) is 0 Å². The van der Waals surface area contributed by atoms with Gasteiger partial charge in [-0.3, -0.25) is 4.79 Å². The molecule has 0 atom stereocenters. The van der Waals surface area contributed by atoms with Crippen molar-refractivity contribution in [2.75, 3.05) is 7.11 Å². The van der Waals surface area contributed by atoms with Crippen LogP contribution in [0.2, 0.25) is 0 Å². The summed E-state index contributed by atoms with van der Waals surface area (Å²) in [5, 5.41) is 3.33. The van der Waals surface area contributed by atoms with Crippen LogP contribution in [-0.4, -0.2) is 13.0 Å². The molecule has 104 valence electrons. The van der Waals surface area contributed by atoms with Gasteiger partial charge < -0.3 is 15.8 Å². The van der Waals surface area contributed by atoms with E-state index in [2.05, 4.69) is 5.32 Å². The summed E-state index contributed by atoms with van der Waals surface area (Å²) in [6.07, 6.45) is 0. The molecule has 2 rings (SSSR count). The van der Waals surface area contributed by atoms with E-state index in [0.29, 0.717) is 18.7 Å². The summed E-state index contributed by atoms with van der Waals surface area (Å²) in [4.78, 5) is 11.1. The molecule has 0 aliphatic carbocycles. The number of rotatable bonds is 6. The standard InChI is InChI=1S/C16H18N2O2/c1-20-15-8-3-2-6-14(15)11-18-10-12-5-4-7-13(9-12)16(17)19/h2-9,18H,10-11H2,1H3,(H2,17,19). The summed E-state index contributed by atoms with van der Waals surface area (Å²) in [5.74, 6) is 0.461. The summed E-state index contributed by atoms with van der Waals surface area (Å²) in [6, 6.07) is 15.2. The number of ether oxygens (including phenoxy) is 1. The molecular formula is C16H18N2O2. The molecule has 20 heavy (non-hydrogen) atoms. The number of para-hydroxylation sites is 1. The van der Waals surface area contributed by atoms with Gasteiger partial charge in [0.05, 0.1) is 7.11 Å². The first-order valence-electron chi connectivity index (χ1n) is 6.42. The van der Waals surface area contributed by atoms with Crippen LogP contribution in [0, 0.1) is 0 Å². The smallest absolute Gasteiger partial charge is 0.248 e. The maximum atomic E-state index is 11.1. The number of hydrogen-bond acceptors (Lipinski definition) is 3. The summed E-state index contributed by atoms with van der Waals surface area (Å²) < 4.78 is 5.30. The lowest BCUT2D eigenvalue weighted by atomic mass is 10.1. The molecule has 0 bridgehead atoms. The Labute approximate surface area is 118 Å². The van der Waals surface area contributed by atoms with E-state index in [1.165, 1.54) is 0 Å².